The van der Waals surface area contributed by atoms with Crippen LogP contribution in [0.1, 0.15) is 5.48 Å². The third kappa shape index (κ3) is 4.17. The van der Waals surface area contributed by atoms with Gasteiger partial charge in [-0.25, -0.2) is 0 Å². The van der Waals surface area contributed by atoms with Crippen molar-refractivity contribution in [2.75, 3.05) is 0 Å². The van der Waals surface area contributed by atoms with Crippen LogP contribution >= 0.6 is 0 Å². The zero-order valence-electron chi connectivity index (χ0n) is 28.3. The molecule has 1 nitrogen and oxygen atoms in total. The number of para-hydroxylation sites is 1. The minimum absolute atomic E-state index is 0.0527. The smallest absolute Gasteiger partial charge is 0.136 e. The molecule has 0 unspecified atom stereocenters. The first kappa shape index (κ1) is 21.7. The average Bonchev–Trinajstić information content (AvgIpc) is 3.52. The molecule has 0 bridgehead atoms. The summed E-state index contributed by atoms with van der Waals surface area (Å²) in [5.41, 5.74) is 7.79. The summed E-state index contributed by atoms with van der Waals surface area (Å²) in [6, 6.07) is 48.1. The first-order chi connectivity index (χ1) is 24.0. The largest absolute Gasteiger partial charge is 0.456 e. The molecular formula is C44H28O. The normalized spacial score (nSPS) is 12.8. The summed E-state index contributed by atoms with van der Waals surface area (Å²) < 4.78 is 43.2. The average molecular weight is 577 g/mol. The maximum absolute atomic E-state index is 9.32. The molecule has 210 valence electrons. The summed E-state index contributed by atoms with van der Waals surface area (Å²) in [6.07, 6.45) is 0. The Morgan fingerprint density at radius 2 is 0.822 bits per heavy atom. The summed E-state index contributed by atoms with van der Waals surface area (Å²) in [5, 5.41) is 5.72. The Hall–Kier alpha value is -5.92. The van der Waals surface area contributed by atoms with Gasteiger partial charge in [0.15, 0.2) is 0 Å². The van der Waals surface area contributed by atoms with E-state index in [1.165, 1.54) is 0 Å². The highest BCUT2D eigenvalue weighted by molar-refractivity contribution is 6.23. The molecule has 1 aromatic heterocycles. The van der Waals surface area contributed by atoms with Crippen molar-refractivity contribution in [2.24, 2.45) is 0 Å². The fraction of sp³-hybridized carbons (Fsp3) is 0. The van der Waals surface area contributed by atoms with Crippen molar-refractivity contribution in [1.29, 1.82) is 0 Å². The lowest BCUT2D eigenvalue weighted by molar-refractivity contribution is 0.669. The van der Waals surface area contributed by atoms with Gasteiger partial charge < -0.3 is 4.42 Å². The van der Waals surface area contributed by atoms with E-state index in [4.69, 9.17) is 7.16 Å². The van der Waals surface area contributed by atoms with E-state index >= 15 is 0 Å². The van der Waals surface area contributed by atoms with Gasteiger partial charge in [0.05, 0.1) is 5.48 Å². The van der Waals surface area contributed by atoms with Crippen molar-refractivity contribution >= 4 is 43.5 Å². The van der Waals surface area contributed by atoms with E-state index in [0.717, 1.165) is 65.7 Å². The fourth-order valence-electron chi connectivity index (χ4n) is 6.71. The van der Waals surface area contributed by atoms with Crippen molar-refractivity contribution in [3.05, 3.63) is 170 Å². The SMILES string of the molecule is [2H]c1c([2H])c(-c2c3ccccc3c(-c3cc4c(cc3-c3ccccc3)oc3ccccc34)c3ccccc23)c([2H])c([2H])c1-c1ccccc1. The molecule has 0 aliphatic heterocycles. The molecule has 0 aliphatic rings. The van der Waals surface area contributed by atoms with Gasteiger partial charge >= 0.3 is 0 Å². The minimum atomic E-state index is -0.0563. The number of hydrogen-bond donors (Lipinski definition) is 0. The van der Waals surface area contributed by atoms with Crippen LogP contribution in [0.3, 0.4) is 0 Å². The highest BCUT2D eigenvalue weighted by Crippen LogP contribution is 2.48. The van der Waals surface area contributed by atoms with E-state index in [1.54, 1.807) is 0 Å². The lowest BCUT2D eigenvalue weighted by Gasteiger charge is -2.20. The van der Waals surface area contributed by atoms with Crippen LogP contribution in [-0.2, 0) is 0 Å². The van der Waals surface area contributed by atoms with E-state index < -0.39 is 0 Å². The van der Waals surface area contributed by atoms with Crippen LogP contribution in [-0.4, -0.2) is 0 Å². The number of rotatable bonds is 4. The summed E-state index contributed by atoms with van der Waals surface area (Å²) in [4.78, 5) is 0. The minimum Gasteiger partial charge on any atom is -0.456 e. The van der Waals surface area contributed by atoms with Crippen molar-refractivity contribution in [3.63, 3.8) is 0 Å². The first-order valence-corrected chi connectivity index (χ1v) is 15.1. The van der Waals surface area contributed by atoms with Gasteiger partial charge in [0.25, 0.3) is 0 Å². The summed E-state index contributed by atoms with van der Waals surface area (Å²) >= 11 is 0. The first-order valence-electron chi connectivity index (χ1n) is 17.1. The van der Waals surface area contributed by atoms with Crippen LogP contribution in [0.4, 0.5) is 0 Å². The molecule has 0 N–H and O–H groups in total. The topological polar surface area (TPSA) is 13.1 Å². The van der Waals surface area contributed by atoms with Gasteiger partial charge in [0.1, 0.15) is 11.2 Å². The van der Waals surface area contributed by atoms with Crippen molar-refractivity contribution < 1.29 is 9.90 Å². The van der Waals surface area contributed by atoms with Gasteiger partial charge in [-0.05, 0) is 84.3 Å². The van der Waals surface area contributed by atoms with Crippen LogP contribution in [0.5, 0.6) is 0 Å². The molecule has 0 radical (unpaired) electrons. The molecule has 0 fully saturated rings. The molecule has 8 aromatic carbocycles. The van der Waals surface area contributed by atoms with Crippen LogP contribution in [0.15, 0.2) is 174 Å². The molecular weight excluding hydrogens is 544 g/mol. The van der Waals surface area contributed by atoms with Gasteiger partial charge in [-0.15, -0.1) is 0 Å². The lowest BCUT2D eigenvalue weighted by atomic mass is 9.83. The van der Waals surface area contributed by atoms with E-state index in [1.807, 2.05) is 103 Å². The van der Waals surface area contributed by atoms with Crippen molar-refractivity contribution in [1.82, 2.24) is 0 Å². The maximum Gasteiger partial charge on any atom is 0.136 e. The van der Waals surface area contributed by atoms with Gasteiger partial charge in [0.2, 0.25) is 0 Å². The zero-order valence-corrected chi connectivity index (χ0v) is 24.3. The highest BCUT2D eigenvalue weighted by Gasteiger charge is 2.21. The van der Waals surface area contributed by atoms with E-state index in [0.29, 0.717) is 22.3 Å². The molecule has 0 saturated carbocycles. The van der Waals surface area contributed by atoms with Crippen LogP contribution in [0, 0.1) is 0 Å². The molecule has 0 spiro atoms. The molecule has 0 amide bonds. The van der Waals surface area contributed by atoms with Gasteiger partial charge in [-0.1, -0.05) is 152 Å². The molecule has 0 atom stereocenters. The molecule has 0 saturated heterocycles. The Labute approximate surface area is 267 Å². The molecule has 45 heavy (non-hydrogen) atoms. The standard InChI is InChI=1S/C44H28O/c1-3-13-29(14-4-1)30-23-25-32(26-24-30)43-34-18-7-9-20-36(34)44(37-21-10-8-19-35(37)43)40-27-39-33-17-11-12-22-41(33)45-42(39)28-38(40)31-15-5-2-6-16-31/h1-28H/i23D,24D,25D,26D. The molecule has 9 aromatic rings. The zero-order chi connectivity index (χ0) is 33.2. The Kier molecular flexibility index (Phi) is 5.00. The molecule has 1 heterocycles. The number of fused-ring (bicyclic) bond motifs is 5. The summed E-state index contributed by atoms with van der Waals surface area (Å²) in [7, 11) is 0. The molecule has 0 aliphatic carbocycles. The van der Waals surface area contributed by atoms with Crippen LogP contribution in [0.25, 0.3) is 88.0 Å². The summed E-state index contributed by atoms with van der Waals surface area (Å²) in [5.74, 6) is 0. The monoisotopic (exact) mass is 576 g/mol. The van der Waals surface area contributed by atoms with E-state index in [9.17, 15) is 2.74 Å². The Balaban J connectivity index is 1.42. The van der Waals surface area contributed by atoms with Crippen LogP contribution < -0.4 is 0 Å². The third-order valence-electron chi connectivity index (χ3n) is 8.74. The van der Waals surface area contributed by atoms with Gasteiger partial charge in [-0.2, -0.15) is 0 Å². The second kappa shape index (κ2) is 10.4. The predicted octanol–water partition coefficient (Wildman–Crippen LogP) is 12.6. The maximum atomic E-state index is 9.32. The Morgan fingerprint density at radius 1 is 0.333 bits per heavy atom. The second-order valence-corrected chi connectivity index (χ2v) is 11.3. The van der Waals surface area contributed by atoms with Gasteiger partial charge in [-0.3, -0.25) is 0 Å². The third-order valence-corrected chi connectivity index (χ3v) is 8.74. The lowest BCUT2D eigenvalue weighted by Crippen LogP contribution is -1.93. The molecule has 1 heteroatoms. The number of benzene rings is 8. The van der Waals surface area contributed by atoms with Crippen molar-refractivity contribution in [2.45, 2.75) is 0 Å². The predicted molar refractivity (Wildman–Crippen MR) is 190 cm³/mol. The fourth-order valence-corrected chi connectivity index (χ4v) is 6.71. The van der Waals surface area contributed by atoms with E-state index in [2.05, 4.69) is 42.5 Å². The van der Waals surface area contributed by atoms with Gasteiger partial charge in [0, 0.05) is 10.8 Å². The number of hydrogen-bond acceptors (Lipinski definition) is 1. The van der Waals surface area contributed by atoms with Crippen LogP contribution in [0.2, 0.25) is 0 Å². The summed E-state index contributed by atoms with van der Waals surface area (Å²) in [6.45, 7) is 0. The Morgan fingerprint density at radius 3 is 1.44 bits per heavy atom. The molecule has 9 rings (SSSR count). The number of furan rings is 1. The van der Waals surface area contributed by atoms with Crippen molar-refractivity contribution in [3.8, 4) is 44.5 Å². The second-order valence-electron chi connectivity index (χ2n) is 11.3. The highest BCUT2D eigenvalue weighted by atomic mass is 16.3. The van der Waals surface area contributed by atoms with E-state index in [-0.39, 0.29) is 24.2 Å². The quantitative estimate of drug-likeness (QED) is 0.190. The Bertz CT molecular complexity index is 2660.